The van der Waals surface area contributed by atoms with Crippen LogP contribution in [-0.2, 0) is 4.74 Å². The molecule has 15 heavy (non-hydrogen) atoms. The number of morpholine rings is 1. The van der Waals surface area contributed by atoms with Crippen molar-refractivity contribution in [3.63, 3.8) is 0 Å². The van der Waals surface area contributed by atoms with Gasteiger partial charge in [0.05, 0.1) is 13.2 Å². The van der Waals surface area contributed by atoms with Gasteiger partial charge in [0.15, 0.2) is 0 Å². The van der Waals surface area contributed by atoms with Crippen molar-refractivity contribution in [2.45, 2.75) is 19.9 Å². The molecule has 1 rings (SSSR count). The second-order valence-corrected chi connectivity index (χ2v) is 4.25. The Morgan fingerprint density at radius 2 is 2.13 bits per heavy atom. The highest BCUT2D eigenvalue weighted by Gasteiger charge is 2.21. The predicted octanol–water partition coefficient (Wildman–Crippen LogP) is 1.27. The largest absolute Gasteiger partial charge is 0.378 e. The summed E-state index contributed by atoms with van der Waals surface area (Å²) in [6, 6.07) is 0.413. The van der Waals surface area contributed by atoms with Crippen LogP contribution in [0.25, 0.3) is 0 Å². The molecule has 3 nitrogen and oxygen atoms in total. The number of rotatable bonds is 6. The maximum atomic E-state index is 5.92. The molecule has 0 radical (unpaired) electrons. The molecule has 1 fully saturated rings. The summed E-state index contributed by atoms with van der Waals surface area (Å²) in [6.45, 7) is 11.6. The van der Waals surface area contributed by atoms with Gasteiger partial charge in [0, 0.05) is 31.6 Å². The highest BCUT2D eigenvalue weighted by Crippen LogP contribution is 2.08. The minimum absolute atomic E-state index is 0.413. The van der Waals surface area contributed by atoms with Gasteiger partial charge in [-0.2, -0.15) is 0 Å². The molecule has 0 amide bonds. The molecule has 0 aromatic heterocycles. The number of hydrogen-bond acceptors (Lipinski definition) is 3. The minimum atomic E-state index is 0.413. The van der Waals surface area contributed by atoms with Crippen molar-refractivity contribution < 1.29 is 4.74 Å². The van der Waals surface area contributed by atoms with Crippen molar-refractivity contribution in [1.82, 2.24) is 9.80 Å². The standard InChI is InChI=1S/C11H23ClN2O/c1-3-13(4-2)5-6-14-7-8-15-10-11(14)9-12/h11H,3-10H2,1-2H3. The lowest BCUT2D eigenvalue weighted by Crippen LogP contribution is -2.49. The molecule has 0 aromatic carbocycles. The predicted molar refractivity (Wildman–Crippen MR) is 64.7 cm³/mol. The zero-order chi connectivity index (χ0) is 11.1. The summed E-state index contributed by atoms with van der Waals surface area (Å²) >= 11 is 5.92. The van der Waals surface area contributed by atoms with Gasteiger partial charge in [0.1, 0.15) is 0 Å². The summed E-state index contributed by atoms with van der Waals surface area (Å²) in [5.41, 5.74) is 0. The van der Waals surface area contributed by atoms with Crippen LogP contribution in [0.1, 0.15) is 13.8 Å². The van der Waals surface area contributed by atoms with Crippen molar-refractivity contribution >= 4 is 11.6 Å². The van der Waals surface area contributed by atoms with Crippen LogP contribution >= 0.6 is 11.6 Å². The number of hydrogen-bond donors (Lipinski definition) is 0. The Morgan fingerprint density at radius 3 is 2.73 bits per heavy atom. The first-order valence-corrected chi connectivity index (χ1v) is 6.45. The van der Waals surface area contributed by atoms with Crippen LogP contribution in [0.5, 0.6) is 0 Å². The first kappa shape index (κ1) is 13.2. The Morgan fingerprint density at radius 1 is 1.40 bits per heavy atom. The lowest BCUT2D eigenvalue weighted by atomic mass is 10.2. The van der Waals surface area contributed by atoms with Gasteiger partial charge in [-0.3, -0.25) is 4.90 Å². The van der Waals surface area contributed by atoms with Crippen molar-refractivity contribution in [3.05, 3.63) is 0 Å². The first-order valence-electron chi connectivity index (χ1n) is 5.91. The summed E-state index contributed by atoms with van der Waals surface area (Å²) in [7, 11) is 0. The molecule has 0 aliphatic carbocycles. The van der Waals surface area contributed by atoms with E-state index in [1.54, 1.807) is 0 Å². The third-order valence-electron chi connectivity index (χ3n) is 3.13. The van der Waals surface area contributed by atoms with E-state index in [2.05, 4.69) is 23.6 Å². The molecule has 0 spiro atoms. The minimum Gasteiger partial charge on any atom is -0.378 e. The number of nitrogens with zero attached hydrogens (tertiary/aromatic N) is 2. The maximum Gasteiger partial charge on any atom is 0.0634 e. The number of halogens is 1. The van der Waals surface area contributed by atoms with Gasteiger partial charge >= 0.3 is 0 Å². The highest BCUT2D eigenvalue weighted by atomic mass is 35.5. The van der Waals surface area contributed by atoms with Gasteiger partial charge in [-0.15, -0.1) is 11.6 Å². The smallest absolute Gasteiger partial charge is 0.0634 e. The van der Waals surface area contributed by atoms with Crippen molar-refractivity contribution in [3.8, 4) is 0 Å². The van der Waals surface area contributed by atoms with Crippen LogP contribution in [0.2, 0.25) is 0 Å². The quantitative estimate of drug-likeness (QED) is 0.644. The molecule has 0 aromatic rings. The lowest BCUT2D eigenvalue weighted by Gasteiger charge is -2.35. The van der Waals surface area contributed by atoms with Gasteiger partial charge in [-0.25, -0.2) is 0 Å². The van der Waals surface area contributed by atoms with E-state index in [4.69, 9.17) is 16.3 Å². The average Bonchev–Trinajstić information content (AvgIpc) is 2.31. The fraction of sp³-hybridized carbons (Fsp3) is 1.00. The van der Waals surface area contributed by atoms with E-state index in [-0.39, 0.29) is 0 Å². The van der Waals surface area contributed by atoms with E-state index in [9.17, 15) is 0 Å². The normalized spacial score (nSPS) is 23.6. The lowest BCUT2D eigenvalue weighted by molar-refractivity contribution is -0.00233. The van der Waals surface area contributed by atoms with E-state index in [0.29, 0.717) is 11.9 Å². The van der Waals surface area contributed by atoms with Crippen LogP contribution in [0, 0.1) is 0 Å². The molecule has 1 atom stereocenters. The summed E-state index contributed by atoms with van der Waals surface area (Å²) in [4.78, 5) is 4.90. The molecule has 1 aliphatic rings. The summed E-state index contributed by atoms with van der Waals surface area (Å²) < 4.78 is 5.42. The zero-order valence-electron chi connectivity index (χ0n) is 9.91. The van der Waals surface area contributed by atoms with Gasteiger partial charge in [0.2, 0.25) is 0 Å². The van der Waals surface area contributed by atoms with Crippen LogP contribution in [0.15, 0.2) is 0 Å². The molecule has 1 heterocycles. The molecular weight excluding hydrogens is 212 g/mol. The summed E-state index contributed by atoms with van der Waals surface area (Å²) in [5.74, 6) is 0.679. The fourth-order valence-corrected chi connectivity index (χ4v) is 2.22. The fourth-order valence-electron chi connectivity index (χ4n) is 1.94. The molecule has 0 saturated carbocycles. The first-order chi connectivity index (χ1) is 7.31. The van der Waals surface area contributed by atoms with E-state index in [1.807, 2.05) is 0 Å². The van der Waals surface area contributed by atoms with Crippen LogP contribution in [0.3, 0.4) is 0 Å². The molecular formula is C11H23ClN2O. The topological polar surface area (TPSA) is 15.7 Å². The second kappa shape index (κ2) is 7.44. The Bertz CT molecular complexity index is 165. The number of likely N-dealkylation sites (N-methyl/N-ethyl adjacent to an activating group) is 1. The monoisotopic (exact) mass is 234 g/mol. The Hall–Kier alpha value is 0.170. The van der Waals surface area contributed by atoms with Gasteiger partial charge < -0.3 is 9.64 Å². The SMILES string of the molecule is CCN(CC)CCN1CCOCC1CCl. The van der Waals surface area contributed by atoms with E-state index in [0.717, 1.165) is 45.9 Å². The molecule has 90 valence electrons. The van der Waals surface area contributed by atoms with Gasteiger partial charge in [-0.1, -0.05) is 13.8 Å². The van der Waals surface area contributed by atoms with Crippen molar-refractivity contribution in [1.29, 1.82) is 0 Å². The van der Waals surface area contributed by atoms with Crippen molar-refractivity contribution in [2.24, 2.45) is 0 Å². The maximum absolute atomic E-state index is 5.92. The van der Waals surface area contributed by atoms with Crippen molar-refractivity contribution in [2.75, 3.05) is 51.8 Å². The van der Waals surface area contributed by atoms with E-state index < -0.39 is 0 Å². The third-order valence-corrected chi connectivity index (χ3v) is 3.48. The Balaban J connectivity index is 2.28. The van der Waals surface area contributed by atoms with Gasteiger partial charge in [0.25, 0.3) is 0 Å². The van der Waals surface area contributed by atoms with Crippen LogP contribution < -0.4 is 0 Å². The van der Waals surface area contributed by atoms with Crippen LogP contribution in [0.4, 0.5) is 0 Å². The third kappa shape index (κ3) is 4.27. The highest BCUT2D eigenvalue weighted by molar-refractivity contribution is 6.18. The Labute approximate surface area is 98.3 Å². The van der Waals surface area contributed by atoms with Gasteiger partial charge in [-0.05, 0) is 13.1 Å². The van der Waals surface area contributed by atoms with E-state index in [1.165, 1.54) is 0 Å². The molecule has 1 aliphatic heterocycles. The molecule has 0 N–H and O–H groups in total. The number of alkyl halides is 1. The summed E-state index contributed by atoms with van der Waals surface area (Å²) in [6.07, 6.45) is 0. The average molecular weight is 235 g/mol. The molecule has 1 unspecified atom stereocenters. The zero-order valence-corrected chi connectivity index (χ0v) is 10.7. The second-order valence-electron chi connectivity index (χ2n) is 3.95. The molecule has 0 bridgehead atoms. The number of ether oxygens (including phenoxy) is 1. The Kier molecular flexibility index (Phi) is 6.57. The van der Waals surface area contributed by atoms with Crippen LogP contribution in [-0.4, -0.2) is 67.7 Å². The summed E-state index contributed by atoms with van der Waals surface area (Å²) in [5, 5.41) is 0. The molecule has 4 heteroatoms. The molecule has 1 saturated heterocycles. The van der Waals surface area contributed by atoms with E-state index >= 15 is 0 Å².